The Balaban J connectivity index is 1.12. The molecular formula is C58H35O3P. The fraction of sp³-hybridized carbons (Fsp3) is 0. The second kappa shape index (κ2) is 13.4. The van der Waals surface area contributed by atoms with E-state index >= 15 is 4.57 Å². The van der Waals surface area contributed by atoms with Gasteiger partial charge in [0.1, 0.15) is 22.3 Å². The van der Waals surface area contributed by atoms with Gasteiger partial charge in [0.15, 0.2) is 7.14 Å². The van der Waals surface area contributed by atoms with Crippen LogP contribution in [0.2, 0.25) is 0 Å². The Morgan fingerprint density at radius 1 is 0.274 bits per heavy atom. The highest BCUT2D eigenvalue weighted by molar-refractivity contribution is 7.86. The van der Waals surface area contributed by atoms with Gasteiger partial charge in [0.05, 0.1) is 0 Å². The first-order valence-corrected chi connectivity index (χ1v) is 22.7. The van der Waals surface area contributed by atoms with Crippen LogP contribution >= 0.6 is 7.14 Å². The molecule has 3 nitrogen and oxygen atoms in total. The van der Waals surface area contributed by atoms with Gasteiger partial charge in [0.2, 0.25) is 0 Å². The second-order valence-electron chi connectivity index (χ2n) is 16.2. The smallest absolute Gasteiger partial charge is 0.172 e. The Labute approximate surface area is 356 Å². The molecule has 0 saturated carbocycles. The molecule has 290 valence electrons. The van der Waals surface area contributed by atoms with Crippen molar-refractivity contribution in [3.63, 3.8) is 0 Å². The van der Waals surface area contributed by atoms with Crippen molar-refractivity contribution in [3.8, 4) is 22.3 Å². The summed E-state index contributed by atoms with van der Waals surface area (Å²) in [6.45, 7) is 0. The summed E-state index contributed by atoms with van der Waals surface area (Å²) >= 11 is 0. The van der Waals surface area contributed by atoms with Crippen molar-refractivity contribution in [2.75, 3.05) is 0 Å². The van der Waals surface area contributed by atoms with Crippen molar-refractivity contribution in [1.29, 1.82) is 0 Å². The molecule has 0 bridgehead atoms. The van der Waals surface area contributed by atoms with Gasteiger partial charge in [-0.15, -0.1) is 0 Å². The van der Waals surface area contributed by atoms with Crippen LogP contribution < -0.4 is 15.9 Å². The van der Waals surface area contributed by atoms with Crippen LogP contribution in [0.5, 0.6) is 0 Å². The number of fused-ring (bicyclic) bond motifs is 2. The topological polar surface area (TPSA) is 43.4 Å². The van der Waals surface area contributed by atoms with Crippen LogP contribution in [0.25, 0.3) is 109 Å². The normalized spacial score (nSPS) is 12.3. The molecule has 2 aromatic heterocycles. The fourth-order valence-corrected chi connectivity index (χ4v) is 13.3. The molecule has 62 heavy (non-hydrogen) atoms. The first-order chi connectivity index (χ1) is 30.6. The number of hydrogen-bond donors (Lipinski definition) is 0. The molecule has 13 rings (SSSR count). The lowest BCUT2D eigenvalue weighted by Crippen LogP contribution is -2.26. The van der Waals surface area contributed by atoms with Crippen LogP contribution in [0.1, 0.15) is 0 Å². The number of rotatable bonds is 5. The molecule has 4 heteroatoms. The lowest BCUT2D eigenvalue weighted by Gasteiger charge is -2.23. The van der Waals surface area contributed by atoms with E-state index in [0.29, 0.717) is 0 Å². The minimum atomic E-state index is -3.62. The quantitative estimate of drug-likeness (QED) is 0.163. The van der Waals surface area contributed by atoms with E-state index in [1.165, 1.54) is 0 Å². The maximum Gasteiger partial charge on any atom is 0.172 e. The Morgan fingerprint density at radius 2 is 0.597 bits per heavy atom. The Hall–Kier alpha value is -7.71. The van der Waals surface area contributed by atoms with Gasteiger partial charge < -0.3 is 13.4 Å². The molecule has 0 spiro atoms. The van der Waals surface area contributed by atoms with Crippen LogP contribution in [0.3, 0.4) is 0 Å². The third-order valence-electron chi connectivity index (χ3n) is 13.0. The number of hydrogen-bond acceptors (Lipinski definition) is 3. The molecule has 0 aliphatic carbocycles. The monoisotopic (exact) mass is 810 g/mol. The van der Waals surface area contributed by atoms with E-state index in [1.807, 2.05) is 66.7 Å². The Kier molecular flexibility index (Phi) is 7.58. The minimum absolute atomic E-state index is 0.742. The van der Waals surface area contributed by atoms with E-state index in [2.05, 4.69) is 146 Å². The summed E-state index contributed by atoms with van der Waals surface area (Å²) in [6, 6.07) is 73.5. The van der Waals surface area contributed by atoms with Crippen molar-refractivity contribution in [1.82, 2.24) is 0 Å². The largest absolute Gasteiger partial charge is 0.456 e. The molecule has 0 atom stereocenters. The van der Waals surface area contributed by atoms with Crippen LogP contribution in [0.4, 0.5) is 0 Å². The highest BCUT2D eigenvalue weighted by Crippen LogP contribution is 2.50. The molecule has 0 amide bonds. The summed E-state index contributed by atoms with van der Waals surface area (Å²) in [7, 11) is -3.62. The molecule has 0 fully saturated rings. The second-order valence-corrected chi connectivity index (χ2v) is 18.9. The van der Waals surface area contributed by atoms with Gasteiger partial charge in [-0.3, -0.25) is 0 Å². The van der Waals surface area contributed by atoms with Gasteiger partial charge in [0, 0.05) is 37.5 Å². The third-order valence-corrected chi connectivity index (χ3v) is 16.1. The molecule has 0 unspecified atom stereocenters. The summed E-state index contributed by atoms with van der Waals surface area (Å²) in [5.41, 5.74) is 7.71. The molecule has 13 aromatic rings. The summed E-state index contributed by atoms with van der Waals surface area (Å²) in [6.07, 6.45) is 0. The van der Waals surface area contributed by atoms with E-state index in [4.69, 9.17) is 8.83 Å². The minimum Gasteiger partial charge on any atom is -0.456 e. The zero-order valence-corrected chi connectivity index (χ0v) is 34.3. The highest BCUT2D eigenvalue weighted by atomic mass is 31.2. The van der Waals surface area contributed by atoms with Crippen molar-refractivity contribution in [2.24, 2.45) is 0 Å². The molecule has 2 heterocycles. The first kappa shape index (κ1) is 35.1. The standard InChI is InChI=1S/C58H35O3P/c59-62(38-18-8-3-9-19-38,53-34-32-51-57-45(24-12-26-47(53)57)43-22-10-20-41-39(36-14-4-1-5-15-36)28-30-49(60-51)55(41)43)54-35-33-52-58-46(25-13-27-48(54)58)44-23-11-21-42-40(37-16-6-2-7-17-37)29-31-50(61-52)56(42)44/h1-35H. The predicted molar refractivity (Wildman–Crippen MR) is 261 cm³/mol. The van der Waals surface area contributed by atoms with Crippen molar-refractivity contribution >= 4 is 110 Å². The van der Waals surface area contributed by atoms with Gasteiger partial charge in [-0.1, -0.05) is 176 Å². The summed E-state index contributed by atoms with van der Waals surface area (Å²) < 4.78 is 30.9. The van der Waals surface area contributed by atoms with Gasteiger partial charge in [-0.25, -0.2) is 0 Å². The van der Waals surface area contributed by atoms with Gasteiger partial charge in [-0.2, -0.15) is 0 Å². The van der Waals surface area contributed by atoms with E-state index in [9.17, 15) is 0 Å². The lowest BCUT2D eigenvalue weighted by molar-refractivity contribution is 0.593. The molecule has 0 saturated heterocycles. The summed E-state index contributed by atoms with van der Waals surface area (Å²) in [4.78, 5) is 0. The van der Waals surface area contributed by atoms with E-state index in [0.717, 1.165) is 125 Å². The van der Waals surface area contributed by atoms with Gasteiger partial charge >= 0.3 is 0 Å². The molecule has 11 aromatic carbocycles. The van der Waals surface area contributed by atoms with Crippen molar-refractivity contribution in [3.05, 3.63) is 212 Å². The van der Waals surface area contributed by atoms with Crippen LogP contribution in [0, 0.1) is 0 Å². The molecule has 0 N–H and O–H groups in total. The van der Waals surface area contributed by atoms with E-state index in [1.54, 1.807) is 0 Å². The molecule has 0 radical (unpaired) electrons. The Morgan fingerprint density at radius 3 is 1.00 bits per heavy atom. The molecular weight excluding hydrogens is 776 g/mol. The van der Waals surface area contributed by atoms with E-state index in [-0.39, 0.29) is 0 Å². The van der Waals surface area contributed by atoms with Crippen LogP contribution in [-0.4, -0.2) is 0 Å². The maximum atomic E-state index is 17.0. The number of benzene rings is 11. The lowest BCUT2D eigenvalue weighted by atomic mass is 9.94. The average Bonchev–Trinajstić information content (AvgIpc) is 3.57. The molecule has 0 aliphatic rings. The van der Waals surface area contributed by atoms with Gasteiger partial charge in [-0.05, 0) is 102 Å². The Bertz CT molecular complexity index is 3750. The molecule has 0 aliphatic heterocycles. The van der Waals surface area contributed by atoms with Gasteiger partial charge in [0.25, 0.3) is 0 Å². The zero-order valence-electron chi connectivity index (χ0n) is 33.4. The van der Waals surface area contributed by atoms with Crippen molar-refractivity contribution in [2.45, 2.75) is 0 Å². The predicted octanol–water partition coefficient (Wildman–Crippen LogP) is 15.1. The SMILES string of the molecule is O=P(c1ccccc1)(c1ccc2oc3ccc(-c4ccccc4)c4cccc(c5cccc1c25)c34)c1ccc2oc3ccc(-c4ccccc4)c4cccc(c5cccc1c25)c34. The average molecular weight is 811 g/mol. The summed E-state index contributed by atoms with van der Waals surface area (Å²) in [5.74, 6) is 0. The first-order valence-electron chi connectivity index (χ1n) is 21.0. The fourth-order valence-electron chi connectivity index (χ4n) is 10.3. The maximum absolute atomic E-state index is 17.0. The van der Waals surface area contributed by atoms with E-state index < -0.39 is 7.14 Å². The highest BCUT2D eigenvalue weighted by Gasteiger charge is 2.34. The third kappa shape index (κ3) is 4.97. The van der Waals surface area contributed by atoms with Crippen LogP contribution in [0.15, 0.2) is 221 Å². The summed E-state index contributed by atoms with van der Waals surface area (Å²) in [5, 5.41) is 14.7. The zero-order chi connectivity index (χ0) is 40.9. The van der Waals surface area contributed by atoms with Crippen LogP contribution in [-0.2, 0) is 4.57 Å². The van der Waals surface area contributed by atoms with Crippen molar-refractivity contribution < 1.29 is 13.4 Å².